The Morgan fingerprint density at radius 1 is 0.800 bits per heavy atom. The Hall–Kier alpha value is -4.52. The number of methoxy groups -OCH3 is 2. The number of carbonyl (C=O) groups excluding carboxylic acids is 2. The first-order valence-corrected chi connectivity index (χ1v) is 8.41. The lowest BCUT2D eigenvalue weighted by atomic mass is 10.2. The van der Waals surface area contributed by atoms with Crippen LogP contribution < -0.4 is 9.47 Å². The zero-order valence-electron chi connectivity index (χ0n) is 15.9. The predicted octanol–water partition coefficient (Wildman–Crippen LogP) is 2.90. The lowest BCUT2D eigenvalue weighted by molar-refractivity contribution is 0.0591. The van der Waals surface area contributed by atoms with E-state index in [1.54, 1.807) is 42.5 Å². The first-order chi connectivity index (χ1) is 14.5. The zero-order chi connectivity index (χ0) is 21.5. The Morgan fingerprint density at radius 3 is 1.67 bits per heavy atom. The largest absolute Gasteiger partial charge is 0.465 e. The third-order valence-electron chi connectivity index (χ3n) is 3.62. The van der Waals surface area contributed by atoms with E-state index in [0.29, 0.717) is 0 Å². The number of carbonyl (C=O) groups is 2. The standard InChI is InChI=1S/C20H14N4O6/c1-27-17(25)12-5-3-7-14(9-12)29-19-22-16(11-21)23-20(24-19)30-15-8-4-6-13(10-15)18(26)28-2/h3-10H,1-2H3. The molecule has 0 radical (unpaired) electrons. The molecule has 0 N–H and O–H groups in total. The average Bonchev–Trinajstić information content (AvgIpc) is 2.78. The fourth-order valence-corrected chi connectivity index (χ4v) is 2.30. The Balaban J connectivity index is 1.87. The van der Waals surface area contributed by atoms with Crippen LogP contribution in [-0.2, 0) is 9.47 Å². The summed E-state index contributed by atoms with van der Waals surface area (Å²) in [6.45, 7) is 0. The maximum Gasteiger partial charge on any atom is 0.337 e. The molecule has 0 atom stereocenters. The second-order valence-corrected chi connectivity index (χ2v) is 5.58. The molecule has 0 spiro atoms. The van der Waals surface area contributed by atoms with Crippen molar-refractivity contribution in [2.45, 2.75) is 0 Å². The third kappa shape index (κ3) is 4.85. The van der Waals surface area contributed by atoms with Crippen LogP contribution in [0.1, 0.15) is 26.5 Å². The smallest absolute Gasteiger partial charge is 0.337 e. The lowest BCUT2D eigenvalue weighted by Crippen LogP contribution is -2.04. The molecule has 0 fully saturated rings. The highest BCUT2D eigenvalue weighted by Gasteiger charge is 2.13. The summed E-state index contributed by atoms with van der Waals surface area (Å²) in [4.78, 5) is 35.1. The molecule has 10 heteroatoms. The molecular weight excluding hydrogens is 392 g/mol. The van der Waals surface area contributed by atoms with Gasteiger partial charge in [-0.15, -0.1) is 4.98 Å². The molecule has 0 bridgehead atoms. The number of aromatic nitrogens is 3. The average molecular weight is 406 g/mol. The van der Waals surface area contributed by atoms with Crippen molar-refractivity contribution in [3.8, 4) is 29.6 Å². The molecule has 3 rings (SSSR count). The molecule has 150 valence electrons. The summed E-state index contributed by atoms with van der Waals surface area (Å²) in [6.07, 6.45) is 0. The molecule has 0 saturated heterocycles. The lowest BCUT2D eigenvalue weighted by Gasteiger charge is -2.08. The van der Waals surface area contributed by atoms with Crippen LogP contribution >= 0.6 is 0 Å². The van der Waals surface area contributed by atoms with Crippen LogP contribution in [0.5, 0.6) is 23.5 Å². The number of ether oxygens (including phenoxy) is 4. The number of rotatable bonds is 6. The minimum absolute atomic E-state index is 0.220. The fourth-order valence-electron chi connectivity index (χ4n) is 2.30. The van der Waals surface area contributed by atoms with Gasteiger partial charge in [-0.2, -0.15) is 15.2 Å². The van der Waals surface area contributed by atoms with Crippen molar-refractivity contribution in [2.24, 2.45) is 0 Å². The molecule has 0 unspecified atom stereocenters. The minimum Gasteiger partial charge on any atom is -0.465 e. The van der Waals surface area contributed by atoms with E-state index in [1.807, 2.05) is 0 Å². The molecule has 0 amide bonds. The number of nitrogens with zero attached hydrogens (tertiary/aromatic N) is 4. The summed E-state index contributed by atoms with van der Waals surface area (Å²) in [6, 6.07) is 13.6. The molecule has 0 aliphatic heterocycles. The van der Waals surface area contributed by atoms with E-state index in [0.717, 1.165) is 0 Å². The maximum atomic E-state index is 11.7. The number of benzene rings is 2. The van der Waals surface area contributed by atoms with Gasteiger partial charge in [0.05, 0.1) is 25.3 Å². The fraction of sp³-hybridized carbons (Fsp3) is 0.100. The van der Waals surface area contributed by atoms with Gasteiger partial charge in [-0.1, -0.05) is 12.1 Å². The number of hydrogen-bond acceptors (Lipinski definition) is 10. The molecular formula is C20H14N4O6. The third-order valence-corrected chi connectivity index (χ3v) is 3.62. The van der Waals surface area contributed by atoms with E-state index in [-0.39, 0.29) is 40.5 Å². The van der Waals surface area contributed by atoms with Gasteiger partial charge in [-0.25, -0.2) is 9.59 Å². The number of nitriles is 1. The minimum atomic E-state index is -0.539. The molecule has 1 heterocycles. The number of hydrogen-bond donors (Lipinski definition) is 0. The Labute approximate surface area is 170 Å². The van der Waals surface area contributed by atoms with Crippen molar-refractivity contribution in [1.82, 2.24) is 15.0 Å². The van der Waals surface area contributed by atoms with Crippen molar-refractivity contribution in [2.75, 3.05) is 14.2 Å². The first-order valence-electron chi connectivity index (χ1n) is 8.41. The summed E-state index contributed by atoms with van der Waals surface area (Å²) >= 11 is 0. The predicted molar refractivity (Wildman–Crippen MR) is 100 cm³/mol. The molecule has 2 aromatic carbocycles. The normalized spacial score (nSPS) is 9.90. The van der Waals surface area contributed by atoms with Crippen LogP contribution in [0.15, 0.2) is 48.5 Å². The van der Waals surface area contributed by atoms with Crippen molar-refractivity contribution in [3.05, 3.63) is 65.5 Å². The van der Waals surface area contributed by atoms with E-state index in [2.05, 4.69) is 24.4 Å². The zero-order valence-corrected chi connectivity index (χ0v) is 15.9. The highest BCUT2D eigenvalue weighted by molar-refractivity contribution is 5.90. The summed E-state index contributed by atoms with van der Waals surface area (Å²) < 4.78 is 20.4. The van der Waals surface area contributed by atoms with Gasteiger partial charge in [0.15, 0.2) is 0 Å². The Morgan fingerprint density at radius 2 is 1.27 bits per heavy atom. The highest BCUT2D eigenvalue weighted by atomic mass is 16.5. The van der Waals surface area contributed by atoms with Crippen LogP contribution in [0.3, 0.4) is 0 Å². The molecule has 10 nitrogen and oxygen atoms in total. The van der Waals surface area contributed by atoms with Gasteiger partial charge in [-0.05, 0) is 36.4 Å². The number of esters is 2. The summed E-state index contributed by atoms with van der Waals surface area (Å²) in [5, 5.41) is 9.18. The van der Waals surface area contributed by atoms with Crippen molar-refractivity contribution < 1.29 is 28.5 Å². The topological polar surface area (TPSA) is 134 Å². The van der Waals surface area contributed by atoms with E-state index in [1.165, 1.54) is 26.4 Å². The van der Waals surface area contributed by atoms with Crippen LogP contribution in [0.2, 0.25) is 0 Å². The monoisotopic (exact) mass is 406 g/mol. The molecule has 1 aromatic heterocycles. The summed E-state index contributed by atoms with van der Waals surface area (Å²) in [7, 11) is 2.53. The van der Waals surface area contributed by atoms with Crippen LogP contribution in [-0.4, -0.2) is 41.1 Å². The highest BCUT2D eigenvalue weighted by Crippen LogP contribution is 2.24. The van der Waals surface area contributed by atoms with Gasteiger partial charge in [0.1, 0.15) is 17.6 Å². The van der Waals surface area contributed by atoms with Crippen LogP contribution in [0.4, 0.5) is 0 Å². The van der Waals surface area contributed by atoms with Gasteiger partial charge in [0.2, 0.25) is 5.82 Å². The van der Waals surface area contributed by atoms with E-state index < -0.39 is 11.9 Å². The molecule has 0 saturated carbocycles. The summed E-state index contributed by atoms with van der Waals surface area (Å²) in [5.74, 6) is -0.840. The SMILES string of the molecule is COC(=O)c1cccc(Oc2nc(C#N)nc(Oc3cccc(C(=O)OC)c3)n2)c1. The van der Waals surface area contributed by atoms with Crippen LogP contribution in [0.25, 0.3) is 0 Å². The second kappa shape index (κ2) is 9.11. The van der Waals surface area contributed by atoms with E-state index in [4.69, 9.17) is 9.47 Å². The second-order valence-electron chi connectivity index (χ2n) is 5.58. The first kappa shape index (κ1) is 20.2. The van der Waals surface area contributed by atoms with Crippen molar-refractivity contribution in [3.63, 3.8) is 0 Å². The molecule has 3 aromatic rings. The Kier molecular flexibility index (Phi) is 6.14. The van der Waals surface area contributed by atoms with Crippen molar-refractivity contribution >= 4 is 11.9 Å². The Bertz CT molecular complexity index is 1060. The van der Waals surface area contributed by atoms with Gasteiger partial charge < -0.3 is 18.9 Å². The van der Waals surface area contributed by atoms with E-state index in [9.17, 15) is 14.9 Å². The summed E-state index contributed by atoms with van der Waals surface area (Å²) in [5.41, 5.74) is 0.529. The van der Waals surface area contributed by atoms with Gasteiger partial charge in [0.25, 0.3) is 0 Å². The van der Waals surface area contributed by atoms with Gasteiger partial charge in [0, 0.05) is 0 Å². The molecule has 0 aliphatic carbocycles. The van der Waals surface area contributed by atoms with Crippen LogP contribution in [0, 0.1) is 11.3 Å². The van der Waals surface area contributed by atoms with Crippen molar-refractivity contribution in [1.29, 1.82) is 5.26 Å². The quantitative estimate of drug-likeness (QED) is 0.562. The molecule has 0 aliphatic rings. The van der Waals surface area contributed by atoms with Gasteiger partial charge in [-0.3, -0.25) is 0 Å². The van der Waals surface area contributed by atoms with Gasteiger partial charge >= 0.3 is 24.0 Å². The molecule has 30 heavy (non-hydrogen) atoms. The maximum absolute atomic E-state index is 11.7. The van der Waals surface area contributed by atoms with E-state index >= 15 is 0 Å².